The lowest BCUT2D eigenvalue weighted by Gasteiger charge is -2.09. The Labute approximate surface area is 112 Å². The van der Waals surface area contributed by atoms with Gasteiger partial charge in [0.1, 0.15) is 5.75 Å². The number of unbranched alkanes of at least 4 members (excludes halogenated alkanes) is 2. The number of nitro benzene ring substituents is 1. The van der Waals surface area contributed by atoms with Crippen LogP contribution in [0.3, 0.4) is 0 Å². The van der Waals surface area contributed by atoms with Crippen LogP contribution in [0, 0.1) is 10.1 Å². The predicted octanol–water partition coefficient (Wildman–Crippen LogP) is 1.86. The van der Waals surface area contributed by atoms with Gasteiger partial charge in [0, 0.05) is 30.8 Å². The number of ether oxygens (including phenoxy) is 1. The second-order valence-corrected chi connectivity index (χ2v) is 4.21. The molecule has 0 aliphatic rings. The Balaban J connectivity index is 2.50. The summed E-state index contributed by atoms with van der Waals surface area (Å²) in [5, 5.41) is 22.6. The fourth-order valence-corrected chi connectivity index (χ4v) is 1.78. The first-order valence-corrected chi connectivity index (χ1v) is 6.32. The van der Waals surface area contributed by atoms with E-state index in [1.165, 1.54) is 12.1 Å². The summed E-state index contributed by atoms with van der Waals surface area (Å²) in [6, 6.07) is 4.57. The molecule has 0 unspecified atom stereocenters. The normalized spacial score (nSPS) is 10.4. The van der Waals surface area contributed by atoms with Crippen molar-refractivity contribution in [3.63, 3.8) is 0 Å². The van der Waals surface area contributed by atoms with Crippen LogP contribution in [0.15, 0.2) is 18.2 Å². The topological polar surface area (TPSA) is 84.6 Å². The van der Waals surface area contributed by atoms with E-state index in [1.54, 1.807) is 13.2 Å². The van der Waals surface area contributed by atoms with Gasteiger partial charge in [0.25, 0.3) is 5.69 Å². The fourth-order valence-electron chi connectivity index (χ4n) is 1.78. The molecule has 1 rings (SSSR count). The van der Waals surface area contributed by atoms with E-state index >= 15 is 0 Å². The van der Waals surface area contributed by atoms with Crippen LogP contribution in [0.25, 0.3) is 0 Å². The largest absolute Gasteiger partial charge is 0.496 e. The zero-order chi connectivity index (χ0) is 14.1. The molecule has 1 aromatic carbocycles. The van der Waals surface area contributed by atoms with E-state index in [1.807, 2.05) is 0 Å². The van der Waals surface area contributed by atoms with E-state index in [4.69, 9.17) is 9.84 Å². The Bertz CT molecular complexity index is 410. The number of aliphatic hydroxyl groups is 1. The molecule has 0 spiro atoms. The monoisotopic (exact) mass is 268 g/mol. The van der Waals surface area contributed by atoms with Crippen LogP contribution >= 0.6 is 0 Å². The molecule has 0 aromatic heterocycles. The van der Waals surface area contributed by atoms with Gasteiger partial charge >= 0.3 is 0 Å². The van der Waals surface area contributed by atoms with Crippen molar-refractivity contribution in [2.75, 3.05) is 20.3 Å². The average Bonchev–Trinajstić information content (AvgIpc) is 2.42. The lowest BCUT2D eigenvalue weighted by Crippen LogP contribution is -2.15. The number of nitro groups is 1. The first kappa shape index (κ1) is 15.4. The van der Waals surface area contributed by atoms with Crippen molar-refractivity contribution in [1.29, 1.82) is 0 Å². The lowest BCUT2D eigenvalue weighted by molar-refractivity contribution is -0.384. The Morgan fingerprint density at radius 1 is 1.37 bits per heavy atom. The third-order valence-electron chi connectivity index (χ3n) is 2.80. The summed E-state index contributed by atoms with van der Waals surface area (Å²) in [6.45, 7) is 1.56. The highest BCUT2D eigenvalue weighted by atomic mass is 16.6. The minimum atomic E-state index is -0.413. The second kappa shape index (κ2) is 8.44. The number of hydrogen-bond acceptors (Lipinski definition) is 5. The summed E-state index contributed by atoms with van der Waals surface area (Å²) >= 11 is 0. The van der Waals surface area contributed by atoms with Crippen molar-refractivity contribution in [3.8, 4) is 5.75 Å². The number of nitrogens with zero attached hydrogens (tertiary/aromatic N) is 1. The summed E-state index contributed by atoms with van der Waals surface area (Å²) < 4.78 is 5.18. The molecular weight excluding hydrogens is 248 g/mol. The lowest BCUT2D eigenvalue weighted by atomic mass is 10.1. The summed E-state index contributed by atoms with van der Waals surface area (Å²) in [4.78, 5) is 10.3. The number of aliphatic hydroxyl groups excluding tert-OH is 1. The van der Waals surface area contributed by atoms with Gasteiger partial charge < -0.3 is 15.2 Å². The molecule has 0 amide bonds. The third kappa shape index (κ3) is 5.23. The molecule has 2 N–H and O–H groups in total. The summed E-state index contributed by atoms with van der Waals surface area (Å²) in [5.74, 6) is 0.647. The molecule has 0 bridgehead atoms. The summed E-state index contributed by atoms with van der Waals surface area (Å²) in [7, 11) is 1.55. The Morgan fingerprint density at radius 3 is 2.79 bits per heavy atom. The molecule has 0 heterocycles. The van der Waals surface area contributed by atoms with Crippen molar-refractivity contribution >= 4 is 5.69 Å². The van der Waals surface area contributed by atoms with Gasteiger partial charge in [-0.3, -0.25) is 10.1 Å². The van der Waals surface area contributed by atoms with Gasteiger partial charge in [-0.05, 0) is 31.9 Å². The molecule has 6 heteroatoms. The maximum absolute atomic E-state index is 10.7. The maximum Gasteiger partial charge on any atom is 0.270 e. The van der Waals surface area contributed by atoms with E-state index in [0.29, 0.717) is 12.3 Å². The van der Waals surface area contributed by atoms with E-state index in [-0.39, 0.29) is 12.3 Å². The molecule has 0 fully saturated rings. The summed E-state index contributed by atoms with van der Waals surface area (Å²) in [6.07, 6.45) is 2.75. The number of hydrogen-bond donors (Lipinski definition) is 2. The molecule has 0 atom stereocenters. The number of rotatable bonds is 9. The molecule has 1 aromatic rings. The predicted molar refractivity (Wildman–Crippen MR) is 72.3 cm³/mol. The van der Waals surface area contributed by atoms with Gasteiger partial charge in [-0.2, -0.15) is 0 Å². The number of benzene rings is 1. The first-order chi connectivity index (χ1) is 9.19. The first-order valence-electron chi connectivity index (χ1n) is 6.32. The smallest absolute Gasteiger partial charge is 0.270 e. The Morgan fingerprint density at radius 2 is 2.16 bits per heavy atom. The average molecular weight is 268 g/mol. The molecule has 19 heavy (non-hydrogen) atoms. The molecular formula is C13H20N2O4. The number of non-ortho nitro benzene ring substituents is 1. The Kier molecular flexibility index (Phi) is 6.84. The second-order valence-electron chi connectivity index (χ2n) is 4.21. The highest BCUT2D eigenvalue weighted by Gasteiger charge is 2.10. The summed E-state index contributed by atoms with van der Waals surface area (Å²) in [5.41, 5.74) is 0.844. The van der Waals surface area contributed by atoms with Crippen LogP contribution in [0.1, 0.15) is 24.8 Å². The zero-order valence-corrected chi connectivity index (χ0v) is 11.1. The number of nitrogens with one attached hydrogen (secondary N) is 1. The quantitative estimate of drug-likeness (QED) is 0.405. The van der Waals surface area contributed by atoms with Crippen molar-refractivity contribution in [1.82, 2.24) is 5.32 Å². The molecule has 0 aliphatic heterocycles. The van der Waals surface area contributed by atoms with Crippen LogP contribution in [0.5, 0.6) is 5.75 Å². The van der Waals surface area contributed by atoms with Crippen molar-refractivity contribution in [3.05, 3.63) is 33.9 Å². The van der Waals surface area contributed by atoms with Gasteiger partial charge in [0.2, 0.25) is 0 Å². The van der Waals surface area contributed by atoms with Crippen molar-refractivity contribution in [2.45, 2.75) is 25.8 Å². The van der Waals surface area contributed by atoms with Gasteiger partial charge in [-0.25, -0.2) is 0 Å². The van der Waals surface area contributed by atoms with Crippen LogP contribution < -0.4 is 10.1 Å². The molecule has 0 saturated heterocycles. The van der Waals surface area contributed by atoms with Gasteiger partial charge in [0.05, 0.1) is 12.0 Å². The van der Waals surface area contributed by atoms with Gasteiger partial charge in [-0.15, -0.1) is 0 Å². The SMILES string of the molecule is COc1ccc([N+](=O)[O-])cc1CNCCCCCO. The maximum atomic E-state index is 10.7. The van der Waals surface area contributed by atoms with Crippen LogP contribution in [0.4, 0.5) is 5.69 Å². The number of methoxy groups -OCH3 is 1. The minimum Gasteiger partial charge on any atom is -0.496 e. The standard InChI is InChI=1S/C13H20N2O4/c1-19-13-6-5-12(15(17)18)9-11(13)10-14-7-3-2-4-8-16/h5-6,9,14,16H,2-4,7-8,10H2,1H3. The van der Waals surface area contributed by atoms with E-state index in [9.17, 15) is 10.1 Å². The molecule has 0 radical (unpaired) electrons. The van der Waals surface area contributed by atoms with Crippen LogP contribution in [-0.2, 0) is 6.54 Å². The van der Waals surface area contributed by atoms with Gasteiger partial charge in [-0.1, -0.05) is 0 Å². The minimum absolute atomic E-state index is 0.0675. The van der Waals surface area contributed by atoms with Crippen LogP contribution in [-0.4, -0.2) is 30.3 Å². The zero-order valence-electron chi connectivity index (χ0n) is 11.1. The van der Waals surface area contributed by atoms with Crippen molar-refractivity contribution < 1.29 is 14.8 Å². The molecule has 0 aliphatic carbocycles. The Hall–Kier alpha value is -1.66. The molecule has 6 nitrogen and oxygen atoms in total. The molecule has 106 valence electrons. The highest BCUT2D eigenvalue weighted by molar-refractivity contribution is 5.43. The molecule has 0 saturated carbocycles. The fraction of sp³-hybridized carbons (Fsp3) is 0.538. The third-order valence-corrected chi connectivity index (χ3v) is 2.80. The van der Waals surface area contributed by atoms with Gasteiger partial charge in [0.15, 0.2) is 0 Å². The van der Waals surface area contributed by atoms with E-state index in [2.05, 4.69) is 5.32 Å². The van der Waals surface area contributed by atoms with Crippen molar-refractivity contribution in [2.24, 2.45) is 0 Å². The van der Waals surface area contributed by atoms with Crippen LogP contribution in [0.2, 0.25) is 0 Å². The van der Waals surface area contributed by atoms with E-state index in [0.717, 1.165) is 31.4 Å². The van der Waals surface area contributed by atoms with E-state index < -0.39 is 4.92 Å². The highest BCUT2D eigenvalue weighted by Crippen LogP contribution is 2.23.